The average molecular weight is 250 g/mol. The lowest BCUT2D eigenvalue weighted by Gasteiger charge is -2.22. The van der Waals surface area contributed by atoms with Crippen molar-refractivity contribution in [2.45, 2.75) is 19.8 Å². The van der Waals surface area contributed by atoms with Crippen molar-refractivity contribution in [1.82, 2.24) is 10.0 Å². The van der Waals surface area contributed by atoms with E-state index in [0.29, 0.717) is 19.1 Å². The zero-order valence-electron chi connectivity index (χ0n) is 9.87. The molecular weight excluding hydrogens is 228 g/mol. The number of nitrogens with one attached hydrogen (secondary N) is 2. The minimum Gasteiger partial charge on any atom is -0.381 e. The maximum atomic E-state index is 11.5. The number of piperidine rings is 1. The third-order valence-electron chi connectivity index (χ3n) is 2.75. The summed E-state index contributed by atoms with van der Waals surface area (Å²) in [5.41, 5.74) is 0. The Morgan fingerprint density at radius 3 is 2.69 bits per heavy atom. The molecule has 1 saturated heterocycles. The number of ether oxygens (including phenoxy) is 1. The van der Waals surface area contributed by atoms with Crippen molar-refractivity contribution in [1.29, 1.82) is 0 Å². The lowest BCUT2D eigenvalue weighted by molar-refractivity contribution is 0.163. The minimum atomic E-state index is -3.15. The second-order valence-corrected chi connectivity index (χ2v) is 5.98. The molecule has 0 spiro atoms. The molecule has 1 rings (SSSR count). The predicted octanol–water partition coefficient (Wildman–Crippen LogP) is -0.0581. The van der Waals surface area contributed by atoms with Crippen molar-refractivity contribution in [3.05, 3.63) is 0 Å². The molecule has 1 aliphatic heterocycles. The molecule has 0 unspecified atom stereocenters. The largest absolute Gasteiger partial charge is 0.381 e. The highest BCUT2D eigenvalue weighted by atomic mass is 32.2. The van der Waals surface area contributed by atoms with Gasteiger partial charge in [0.15, 0.2) is 0 Å². The van der Waals surface area contributed by atoms with Crippen molar-refractivity contribution < 1.29 is 13.2 Å². The fourth-order valence-corrected chi connectivity index (χ4v) is 2.69. The summed E-state index contributed by atoms with van der Waals surface area (Å²) in [5, 5.41) is 3.26. The average Bonchev–Trinajstić information content (AvgIpc) is 2.28. The molecule has 6 heteroatoms. The Morgan fingerprint density at radius 2 is 2.06 bits per heavy atom. The molecule has 16 heavy (non-hydrogen) atoms. The van der Waals surface area contributed by atoms with Crippen LogP contribution in [0.15, 0.2) is 0 Å². The molecule has 5 nitrogen and oxygen atoms in total. The third kappa shape index (κ3) is 5.79. The normalized spacial score (nSPS) is 18.8. The maximum absolute atomic E-state index is 11.5. The van der Waals surface area contributed by atoms with Gasteiger partial charge in [-0.1, -0.05) is 0 Å². The first-order valence-electron chi connectivity index (χ1n) is 5.90. The van der Waals surface area contributed by atoms with Gasteiger partial charge < -0.3 is 10.1 Å². The van der Waals surface area contributed by atoms with Gasteiger partial charge in [-0.25, -0.2) is 13.1 Å². The summed E-state index contributed by atoms with van der Waals surface area (Å²) >= 11 is 0. The predicted molar refractivity (Wildman–Crippen MR) is 63.9 cm³/mol. The molecule has 0 aromatic heterocycles. The molecule has 96 valence electrons. The highest BCUT2D eigenvalue weighted by Crippen LogP contribution is 2.10. The Bertz CT molecular complexity index is 274. The van der Waals surface area contributed by atoms with Gasteiger partial charge in [-0.3, -0.25) is 0 Å². The summed E-state index contributed by atoms with van der Waals surface area (Å²) < 4.78 is 30.8. The van der Waals surface area contributed by atoms with Gasteiger partial charge in [0, 0.05) is 13.2 Å². The van der Waals surface area contributed by atoms with E-state index in [1.807, 2.05) is 6.92 Å². The van der Waals surface area contributed by atoms with Crippen molar-refractivity contribution in [2.24, 2.45) is 5.92 Å². The van der Waals surface area contributed by atoms with Gasteiger partial charge in [-0.15, -0.1) is 0 Å². The first-order chi connectivity index (χ1) is 7.64. The SMILES string of the molecule is CCOCCS(=O)(=O)NCC1CCNCC1. The lowest BCUT2D eigenvalue weighted by atomic mass is 9.99. The molecule has 0 radical (unpaired) electrons. The van der Waals surface area contributed by atoms with Crippen LogP contribution in [-0.2, 0) is 14.8 Å². The molecular formula is C10H22N2O3S. The highest BCUT2D eigenvalue weighted by molar-refractivity contribution is 7.89. The molecule has 2 N–H and O–H groups in total. The zero-order valence-corrected chi connectivity index (χ0v) is 10.7. The van der Waals surface area contributed by atoms with Crippen LogP contribution >= 0.6 is 0 Å². The van der Waals surface area contributed by atoms with E-state index in [1.54, 1.807) is 0 Å². The molecule has 0 amide bonds. The summed E-state index contributed by atoms with van der Waals surface area (Å²) in [6.45, 7) is 5.24. The van der Waals surface area contributed by atoms with Crippen LogP contribution in [0, 0.1) is 5.92 Å². The van der Waals surface area contributed by atoms with E-state index in [9.17, 15) is 8.42 Å². The fourth-order valence-electron chi connectivity index (χ4n) is 1.72. The first-order valence-corrected chi connectivity index (χ1v) is 7.55. The van der Waals surface area contributed by atoms with E-state index in [0.717, 1.165) is 25.9 Å². The van der Waals surface area contributed by atoms with Gasteiger partial charge in [-0.2, -0.15) is 0 Å². The van der Waals surface area contributed by atoms with E-state index < -0.39 is 10.0 Å². The van der Waals surface area contributed by atoms with Crippen LogP contribution in [-0.4, -0.2) is 47.0 Å². The van der Waals surface area contributed by atoms with Gasteiger partial charge >= 0.3 is 0 Å². The van der Waals surface area contributed by atoms with Crippen LogP contribution in [0.1, 0.15) is 19.8 Å². The van der Waals surface area contributed by atoms with Crippen LogP contribution in [0.3, 0.4) is 0 Å². The maximum Gasteiger partial charge on any atom is 0.213 e. The number of sulfonamides is 1. The molecule has 1 fully saturated rings. The van der Waals surface area contributed by atoms with Gasteiger partial charge in [-0.05, 0) is 38.8 Å². The lowest BCUT2D eigenvalue weighted by Crippen LogP contribution is -2.37. The van der Waals surface area contributed by atoms with E-state index in [1.165, 1.54) is 0 Å². The van der Waals surface area contributed by atoms with Crippen molar-refractivity contribution in [3.63, 3.8) is 0 Å². The van der Waals surface area contributed by atoms with E-state index in [-0.39, 0.29) is 12.4 Å². The van der Waals surface area contributed by atoms with E-state index in [4.69, 9.17) is 4.74 Å². The minimum absolute atomic E-state index is 0.0613. The van der Waals surface area contributed by atoms with Gasteiger partial charge in [0.1, 0.15) is 0 Å². The van der Waals surface area contributed by atoms with Crippen LogP contribution in [0.4, 0.5) is 0 Å². The topological polar surface area (TPSA) is 67.4 Å². The van der Waals surface area contributed by atoms with Gasteiger partial charge in [0.25, 0.3) is 0 Å². The molecule has 0 saturated carbocycles. The van der Waals surface area contributed by atoms with Gasteiger partial charge in [0.05, 0.1) is 12.4 Å². The molecule has 0 aromatic carbocycles. The summed E-state index contributed by atoms with van der Waals surface area (Å²) in [6.07, 6.45) is 2.10. The number of hydrogen-bond donors (Lipinski definition) is 2. The molecule has 0 atom stereocenters. The van der Waals surface area contributed by atoms with Crippen LogP contribution in [0.5, 0.6) is 0 Å². The second-order valence-electron chi connectivity index (χ2n) is 4.06. The molecule has 0 bridgehead atoms. The Labute approximate surface area is 98.0 Å². The summed E-state index contributed by atoms with van der Waals surface area (Å²) in [6, 6.07) is 0. The number of hydrogen-bond acceptors (Lipinski definition) is 4. The molecule has 0 aliphatic carbocycles. The Kier molecular flexibility index (Phi) is 6.26. The first kappa shape index (κ1) is 13.9. The van der Waals surface area contributed by atoms with Crippen LogP contribution in [0.2, 0.25) is 0 Å². The van der Waals surface area contributed by atoms with E-state index >= 15 is 0 Å². The van der Waals surface area contributed by atoms with Gasteiger partial charge in [0.2, 0.25) is 10.0 Å². The summed E-state index contributed by atoms with van der Waals surface area (Å²) in [7, 11) is -3.15. The Morgan fingerprint density at radius 1 is 1.38 bits per heavy atom. The Hall–Kier alpha value is -0.170. The van der Waals surface area contributed by atoms with Crippen LogP contribution in [0.25, 0.3) is 0 Å². The molecule has 0 aromatic rings. The highest BCUT2D eigenvalue weighted by Gasteiger charge is 2.16. The van der Waals surface area contributed by atoms with Crippen molar-refractivity contribution in [2.75, 3.05) is 38.6 Å². The standard InChI is InChI=1S/C10H22N2O3S/c1-2-15-7-8-16(13,14)12-9-10-3-5-11-6-4-10/h10-12H,2-9H2,1H3. The van der Waals surface area contributed by atoms with Crippen molar-refractivity contribution >= 4 is 10.0 Å². The quantitative estimate of drug-likeness (QED) is 0.621. The fraction of sp³-hybridized carbons (Fsp3) is 1.00. The summed E-state index contributed by atoms with van der Waals surface area (Å²) in [4.78, 5) is 0. The van der Waals surface area contributed by atoms with Crippen LogP contribution < -0.4 is 10.0 Å². The monoisotopic (exact) mass is 250 g/mol. The second kappa shape index (κ2) is 7.21. The smallest absolute Gasteiger partial charge is 0.213 e. The van der Waals surface area contributed by atoms with Crippen molar-refractivity contribution in [3.8, 4) is 0 Å². The molecule has 1 aliphatic rings. The van der Waals surface area contributed by atoms with E-state index in [2.05, 4.69) is 10.0 Å². The zero-order chi connectivity index (χ0) is 11.9. The molecule has 1 heterocycles. The Balaban J connectivity index is 2.18. The summed E-state index contributed by atoms with van der Waals surface area (Å²) in [5.74, 6) is 0.536. The third-order valence-corrected chi connectivity index (χ3v) is 4.06. The number of rotatable bonds is 7.